The van der Waals surface area contributed by atoms with Crippen molar-refractivity contribution in [2.45, 2.75) is 13.0 Å². The fourth-order valence-corrected chi connectivity index (χ4v) is 3.92. The van der Waals surface area contributed by atoms with Crippen LogP contribution < -0.4 is 0 Å². The van der Waals surface area contributed by atoms with E-state index in [0.29, 0.717) is 22.2 Å². The van der Waals surface area contributed by atoms with Crippen LogP contribution in [0.25, 0.3) is 0 Å². The highest BCUT2D eigenvalue weighted by atomic mass is 35.5. The molecule has 1 aromatic heterocycles. The molecule has 23 heavy (non-hydrogen) atoms. The first-order valence-electron chi connectivity index (χ1n) is 7.63. The first-order chi connectivity index (χ1) is 11.1. The molecule has 122 valence electrons. The number of thiophene rings is 1. The summed E-state index contributed by atoms with van der Waals surface area (Å²) in [6, 6.07) is 9.44. The van der Waals surface area contributed by atoms with Crippen LogP contribution in [0.1, 0.15) is 21.7 Å². The van der Waals surface area contributed by atoms with Crippen LogP contribution >= 0.6 is 34.5 Å². The number of carbonyl (C=O) groups excluding carboxylic acids is 1. The quantitative estimate of drug-likeness (QED) is 0.801. The van der Waals surface area contributed by atoms with Crippen LogP contribution in [0.15, 0.2) is 35.7 Å². The molecule has 6 heteroatoms. The van der Waals surface area contributed by atoms with Crippen LogP contribution in [0, 0.1) is 0 Å². The molecule has 1 aliphatic heterocycles. The van der Waals surface area contributed by atoms with Crippen LogP contribution in [0.3, 0.4) is 0 Å². The average Bonchev–Trinajstić information content (AvgIpc) is 2.94. The maximum Gasteiger partial charge on any atom is 0.255 e. The molecule has 1 aromatic carbocycles. The summed E-state index contributed by atoms with van der Waals surface area (Å²) in [5, 5.41) is 2.87. The van der Waals surface area contributed by atoms with E-state index in [2.05, 4.69) is 22.4 Å². The fraction of sp³-hybridized carbons (Fsp3) is 0.353. The molecule has 2 aromatic rings. The molecule has 3 rings (SSSR count). The minimum absolute atomic E-state index is 0.0320. The van der Waals surface area contributed by atoms with Crippen molar-refractivity contribution in [3.63, 3.8) is 0 Å². The third-order valence-corrected chi connectivity index (χ3v) is 5.70. The number of halogens is 2. The Hall–Kier alpha value is -1.07. The summed E-state index contributed by atoms with van der Waals surface area (Å²) < 4.78 is 0. The lowest BCUT2D eigenvalue weighted by Gasteiger charge is -2.22. The van der Waals surface area contributed by atoms with E-state index in [0.717, 1.165) is 32.6 Å². The Labute approximate surface area is 150 Å². The van der Waals surface area contributed by atoms with E-state index in [1.54, 1.807) is 29.5 Å². The van der Waals surface area contributed by atoms with Gasteiger partial charge in [-0.1, -0.05) is 35.3 Å². The van der Waals surface area contributed by atoms with E-state index in [9.17, 15) is 4.79 Å². The lowest BCUT2D eigenvalue weighted by atomic mass is 10.2. The molecule has 2 heterocycles. The van der Waals surface area contributed by atoms with Gasteiger partial charge in [-0.3, -0.25) is 9.69 Å². The van der Waals surface area contributed by atoms with E-state index < -0.39 is 0 Å². The molecular formula is C17H18Cl2N2OS. The Bertz CT molecular complexity index is 675. The number of benzene rings is 1. The van der Waals surface area contributed by atoms with Gasteiger partial charge in [-0.2, -0.15) is 0 Å². The molecule has 1 saturated heterocycles. The SMILES string of the molecule is O=C(c1cccc(Cl)c1Cl)N1CCCN(Cc2cccs2)CC1. The topological polar surface area (TPSA) is 23.6 Å². The van der Waals surface area contributed by atoms with Crippen molar-refractivity contribution in [2.75, 3.05) is 26.2 Å². The zero-order valence-electron chi connectivity index (χ0n) is 12.7. The van der Waals surface area contributed by atoms with Gasteiger partial charge >= 0.3 is 0 Å². The average molecular weight is 369 g/mol. The Morgan fingerprint density at radius 1 is 1.09 bits per heavy atom. The van der Waals surface area contributed by atoms with Crippen molar-refractivity contribution >= 4 is 40.4 Å². The molecule has 0 bridgehead atoms. The van der Waals surface area contributed by atoms with Gasteiger partial charge in [0.15, 0.2) is 0 Å². The van der Waals surface area contributed by atoms with E-state index in [-0.39, 0.29) is 5.91 Å². The third-order valence-electron chi connectivity index (χ3n) is 4.02. The van der Waals surface area contributed by atoms with Gasteiger partial charge in [0, 0.05) is 37.6 Å². The van der Waals surface area contributed by atoms with Gasteiger partial charge in [0.05, 0.1) is 15.6 Å². The van der Waals surface area contributed by atoms with Crippen molar-refractivity contribution in [3.05, 3.63) is 56.2 Å². The van der Waals surface area contributed by atoms with Crippen molar-refractivity contribution in [2.24, 2.45) is 0 Å². The zero-order valence-corrected chi connectivity index (χ0v) is 15.0. The van der Waals surface area contributed by atoms with Crippen LogP contribution in [-0.2, 0) is 6.54 Å². The molecule has 0 saturated carbocycles. The number of nitrogens with zero attached hydrogens (tertiary/aromatic N) is 2. The van der Waals surface area contributed by atoms with Crippen LogP contribution in [0.5, 0.6) is 0 Å². The Kier molecular flexibility index (Phi) is 5.59. The lowest BCUT2D eigenvalue weighted by Crippen LogP contribution is -2.35. The molecule has 0 unspecified atom stereocenters. The molecule has 0 radical (unpaired) electrons. The summed E-state index contributed by atoms with van der Waals surface area (Å²) >= 11 is 14.0. The molecule has 1 fully saturated rings. The summed E-state index contributed by atoms with van der Waals surface area (Å²) in [6.45, 7) is 4.31. The largest absolute Gasteiger partial charge is 0.337 e. The highest BCUT2D eigenvalue weighted by Gasteiger charge is 2.22. The molecule has 0 spiro atoms. The highest BCUT2D eigenvalue weighted by molar-refractivity contribution is 7.09. The van der Waals surface area contributed by atoms with Crippen molar-refractivity contribution < 1.29 is 4.79 Å². The second-order valence-corrected chi connectivity index (χ2v) is 7.42. The zero-order chi connectivity index (χ0) is 16.2. The minimum atomic E-state index is -0.0320. The smallest absolute Gasteiger partial charge is 0.255 e. The molecular weight excluding hydrogens is 351 g/mol. The molecule has 0 aliphatic carbocycles. The second kappa shape index (κ2) is 7.67. The highest BCUT2D eigenvalue weighted by Crippen LogP contribution is 2.27. The molecule has 3 nitrogen and oxygen atoms in total. The maximum atomic E-state index is 12.7. The third kappa shape index (κ3) is 4.07. The van der Waals surface area contributed by atoms with E-state index in [1.807, 2.05) is 4.90 Å². The normalized spacial score (nSPS) is 16.3. The predicted molar refractivity (Wildman–Crippen MR) is 96.6 cm³/mol. The summed E-state index contributed by atoms with van der Waals surface area (Å²) in [5.41, 5.74) is 0.492. The molecule has 1 amide bonds. The Balaban J connectivity index is 1.65. The van der Waals surface area contributed by atoms with Gasteiger partial charge in [-0.25, -0.2) is 0 Å². The number of amides is 1. The molecule has 0 N–H and O–H groups in total. The van der Waals surface area contributed by atoms with Crippen LogP contribution in [0.4, 0.5) is 0 Å². The van der Waals surface area contributed by atoms with Crippen LogP contribution in [0.2, 0.25) is 10.0 Å². The van der Waals surface area contributed by atoms with Gasteiger partial charge in [0.2, 0.25) is 0 Å². The van der Waals surface area contributed by atoms with E-state index >= 15 is 0 Å². The monoisotopic (exact) mass is 368 g/mol. The number of carbonyl (C=O) groups is 1. The van der Waals surface area contributed by atoms with Gasteiger partial charge in [-0.15, -0.1) is 11.3 Å². The minimum Gasteiger partial charge on any atom is -0.337 e. The van der Waals surface area contributed by atoms with Crippen molar-refractivity contribution in [1.29, 1.82) is 0 Å². The fourth-order valence-electron chi connectivity index (χ4n) is 2.79. The molecule has 1 aliphatic rings. The Morgan fingerprint density at radius 2 is 1.96 bits per heavy atom. The van der Waals surface area contributed by atoms with Gasteiger partial charge in [-0.05, 0) is 30.0 Å². The number of hydrogen-bond acceptors (Lipinski definition) is 3. The standard InChI is InChI=1S/C17H18Cl2N2OS/c18-15-6-1-5-14(16(15)19)17(22)21-8-3-7-20(9-10-21)12-13-4-2-11-23-13/h1-2,4-6,11H,3,7-10,12H2. The summed E-state index contributed by atoms with van der Waals surface area (Å²) in [5.74, 6) is -0.0320. The van der Waals surface area contributed by atoms with Crippen molar-refractivity contribution in [3.8, 4) is 0 Å². The first kappa shape index (κ1) is 16.8. The Morgan fingerprint density at radius 3 is 2.74 bits per heavy atom. The summed E-state index contributed by atoms with van der Waals surface area (Å²) in [6.07, 6.45) is 0.968. The lowest BCUT2D eigenvalue weighted by molar-refractivity contribution is 0.0761. The summed E-state index contributed by atoms with van der Waals surface area (Å²) in [4.78, 5) is 18.4. The first-order valence-corrected chi connectivity index (χ1v) is 9.27. The van der Waals surface area contributed by atoms with Crippen LogP contribution in [-0.4, -0.2) is 41.9 Å². The van der Waals surface area contributed by atoms with Gasteiger partial charge in [0.1, 0.15) is 0 Å². The predicted octanol–water partition coefficient (Wildman–Crippen LogP) is 4.40. The number of hydrogen-bond donors (Lipinski definition) is 0. The maximum absolute atomic E-state index is 12.7. The van der Waals surface area contributed by atoms with Gasteiger partial charge in [0.25, 0.3) is 5.91 Å². The number of rotatable bonds is 3. The summed E-state index contributed by atoms with van der Waals surface area (Å²) in [7, 11) is 0. The molecule has 0 atom stereocenters. The van der Waals surface area contributed by atoms with Crippen molar-refractivity contribution in [1.82, 2.24) is 9.80 Å². The van der Waals surface area contributed by atoms with Gasteiger partial charge < -0.3 is 4.90 Å². The van der Waals surface area contributed by atoms with E-state index in [1.165, 1.54) is 4.88 Å². The second-order valence-electron chi connectivity index (χ2n) is 5.60. The van der Waals surface area contributed by atoms with E-state index in [4.69, 9.17) is 23.2 Å².